The monoisotopic (exact) mass is 2030 g/mol. The van der Waals surface area contributed by atoms with E-state index in [2.05, 4.69) is 172 Å². The van der Waals surface area contributed by atoms with Crippen LogP contribution >= 0.6 is 0 Å². The first-order valence-corrected chi connectivity index (χ1v) is 54.1. The Morgan fingerprint density at radius 2 is 0.685 bits per heavy atom. The van der Waals surface area contributed by atoms with Crippen molar-refractivity contribution in [1.82, 2.24) is 88.0 Å². The molecule has 36 heteroatoms. The zero-order valence-electron chi connectivity index (χ0n) is 85.5. The zero-order chi connectivity index (χ0) is 102. The zero-order valence-corrected chi connectivity index (χ0v) is 85.5. The van der Waals surface area contributed by atoms with Gasteiger partial charge in [0.05, 0.1) is 162 Å². The Bertz CT molecular complexity index is 6830. The molecule has 15 aliphatic rings. The fraction of sp³-hybridized carbons (Fsp3) is 0.522. The highest BCUT2D eigenvalue weighted by atomic mass is 19.3. The number of rotatable bonds is 22. The number of nitrogens with one attached hydrogen (secondary N) is 3. The van der Waals surface area contributed by atoms with E-state index in [0.717, 1.165) is 264 Å². The fourth-order valence-corrected chi connectivity index (χ4v) is 26.7. The number of halogens is 6. The number of hydrogen-bond donors (Lipinski definition) is 3. The van der Waals surface area contributed by atoms with Gasteiger partial charge in [-0.1, -0.05) is 43.3 Å². The molecule has 12 fully saturated rings. The molecule has 0 radical (unpaired) electrons. The Labute approximate surface area is 862 Å². The molecule has 0 bridgehead atoms. The van der Waals surface area contributed by atoms with Crippen LogP contribution in [-0.4, -0.2) is 291 Å². The number of piperidine rings is 3. The van der Waals surface area contributed by atoms with Crippen LogP contribution in [0.2, 0.25) is 0 Å². The second kappa shape index (κ2) is 39.0. The van der Waals surface area contributed by atoms with Crippen LogP contribution in [0.25, 0.3) is 66.9 Å². The second-order valence-corrected chi connectivity index (χ2v) is 45.5. The van der Waals surface area contributed by atoms with Gasteiger partial charge in [-0.05, 0) is 267 Å². The molecule has 1 unspecified atom stereocenters. The molecule has 3 aromatic carbocycles. The van der Waals surface area contributed by atoms with Crippen molar-refractivity contribution >= 4 is 102 Å². The third-order valence-electron chi connectivity index (χ3n) is 36.0. The Morgan fingerprint density at radius 1 is 0.369 bits per heavy atom. The number of hydrogen-bond acceptors (Lipinski definition) is 24. The number of benzene rings is 3. The first kappa shape index (κ1) is 97.8. The maximum atomic E-state index is 14.8. The Morgan fingerprint density at radius 3 is 0.960 bits per heavy atom. The van der Waals surface area contributed by atoms with Crippen molar-refractivity contribution in [3.63, 3.8) is 0 Å². The highest BCUT2D eigenvalue weighted by Gasteiger charge is 2.61. The lowest BCUT2D eigenvalue weighted by Gasteiger charge is -2.47. The number of carbonyl (C=O) groups is 3. The summed E-state index contributed by atoms with van der Waals surface area (Å²) in [5.41, 5.74) is 14.7. The standard InChI is InChI=1S/C38H43F3N8O2.C38H45FN8O2.C37H42F2N8O2/c1-22(2)48-21-43-32-16-31(45-36(34(32)48)44-30-5-9-42-17-29(30)39)23-3-4-28-33(13-23)49(26-14-25(15-26)47-10-6-24(18-47)35(40)41)37(50)38(28)7-11-46(12-8-38)27-19-51-20-27;1-23(2)46-22-41-33-17-32(43-36(35(33)46)42-31-6-10-40-18-30(31)39)25-4-5-29-34(14-25)47(27-15-26(16-27)45-11-7-24(3)19-45)37(48)38(29)8-12-44(13-9-38)28-20-49-21-28;1-22(2)46-21-41-32-16-31(43-35(34(32)46)42-30-5-9-40-17-29(30)39)23-3-4-28-33(13-23)47(26-14-25(15-26)45-10-6-24(38)18-45)36(48)37(28)7-11-44(12-8-37)27-19-49-20-27/h3-5,9,13,16-17,21-22,24-27,35H,6-8,10-12,14-15,18-20H2,1-2H3,(H,42,44,45);4-6,10,14,17-18,22-24,26-28H,7-9,11-13,15-16,19-21H2,1-3H3,(H,40,42,43);3-5,9,13,16-17,21-22,24-27H,6-8,10-12,14-15,18-20H2,1-2H3,(H,40,42,43)/t;24-,26?,27?;24-,25?,26?/m.00/s1. The maximum Gasteiger partial charge on any atom is 0.242 e. The minimum absolute atomic E-state index is 0.00334. The Hall–Kier alpha value is -12.0. The van der Waals surface area contributed by atoms with Gasteiger partial charge < -0.3 is 58.6 Å². The molecular weight excluding hydrogens is 1900 g/mol. The minimum atomic E-state index is -2.29. The van der Waals surface area contributed by atoms with Gasteiger partial charge in [0.15, 0.2) is 34.9 Å². The number of likely N-dealkylation sites (tertiary alicyclic amines) is 6. The number of fused-ring (bicyclic) bond motifs is 9. The van der Waals surface area contributed by atoms with Crippen molar-refractivity contribution in [3.8, 4) is 33.8 Å². The molecule has 30 nitrogen and oxygen atoms in total. The smallest absolute Gasteiger partial charge is 0.242 e. The van der Waals surface area contributed by atoms with Crippen LogP contribution in [0, 0.1) is 29.3 Å². The van der Waals surface area contributed by atoms with Gasteiger partial charge in [0.2, 0.25) is 24.1 Å². The minimum Gasteiger partial charge on any atom is -0.378 e. The highest BCUT2D eigenvalue weighted by molar-refractivity contribution is 6.12. The van der Waals surface area contributed by atoms with E-state index in [1.807, 2.05) is 44.6 Å². The SMILES string of the molecule is CC(C)n1cnc2cc(-c3ccc4c(c3)N(C3CC(N5CCC(C(F)F)C5)C3)C(=O)C43CCN(C4COC4)CC3)nc(Nc3ccncc3F)c21.CC(C)n1cnc2cc(-c3ccc4c(c3)N(C3CC(N5CC[C@H](C)C5)C3)C(=O)C43CCN(C4COC4)CC3)nc(Nc3ccncc3F)c21.CC(C)n1cnc2cc(-c3ccc4c(c3)N(C3CC(N5CC[C@H](F)C5)C3)C(=O)C43CCN(C4COC4)CC3)nc(Nc3ccncc3F)c21. The summed E-state index contributed by atoms with van der Waals surface area (Å²) in [5, 5.41) is 9.67. The van der Waals surface area contributed by atoms with Crippen LogP contribution in [-0.2, 0) is 44.8 Å². The van der Waals surface area contributed by atoms with E-state index in [1.54, 1.807) is 43.2 Å². The number of pyridine rings is 6. The van der Waals surface area contributed by atoms with Crippen LogP contribution < -0.4 is 30.7 Å². The molecular formula is C113H130F6N24O6. The van der Waals surface area contributed by atoms with Crippen molar-refractivity contribution in [2.45, 2.75) is 246 Å². The largest absolute Gasteiger partial charge is 0.378 e. The molecule has 3 N–H and O–H groups in total. The number of anilines is 9. The molecule has 21 heterocycles. The summed E-state index contributed by atoms with van der Waals surface area (Å²) in [7, 11) is 0. The lowest BCUT2D eigenvalue weighted by molar-refractivity contribution is -0.128. The number of amides is 3. The quantitative estimate of drug-likeness (QED) is 0.0532. The lowest BCUT2D eigenvalue weighted by atomic mass is 9.73. The number of aromatic nitrogens is 12. The van der Waals surface area contributed by atoms with Gasteiger partial charge in [-0.2, -0.15) is 0 Å². The molecule has 780 valence electrons. The van der Waals surface area contributed by atoms with E-state index in [4.69, 9.17) is 44.1 Å². The normalized spacial score (nSPS) is 25.6. The number of ether oxygens (including phenoxy) is 3. The van der Waals surface area contributed by atoms with Crippen molar-refractivity contribution in [2.75, 3.05) is 149 Å². The van der Waals surface area contributed by atoms with Gasteiger partial charge in [-0.15, -0.1) is 0 Å². The van der Waals surface area contributed by atoms with Crippen molar-refractivity contribution in [1.29, 1.82) is 0 Å². The highest BCUT2D eigenvalue weighted by Crippen LogP contribution is 2.58. The molecule has 27 rings (SSSR count). The van der Waals surface area contributed by atoms with E-state index in [-0.39, 0.29) is 71.4 Å². The summed E-state index contributed by atoms with van der Waals surface area (Å²) in [6, 6.07) is 32.8. The summed E-state index contributed by atoms with van der Waals surface area (Å²) in [5.74, 6) is 0.910. The average molecular weight is 2030 g/mol. The second-order valence-electron chi connectivity index (χ2n) is 45.5. The van der Waals surface area contributed by atoms with Crippen LogP contribution in [0.1, 0.15) is 180 Å². The van der Waals surface area contributed by atoms with E-state index in [1.165, 1.54) is 37.8 Å². The molecule has 9 saturated heterocycles. The predicted molar refractivity (Wildman–Crippen MR) is 559 cm³/mol. The molecule has 3 saturated carbocycles. The summed E-state index contributed by atoms with van der Waals surface area (Å²) in [6.45, 7) is 29.4. The number of nitrogens with zero attached hydrogens (tertiary/aromatic N) is 21. The molecule has 149 heavy (non-hydrogen) atoms. The van der Waals surface area contributed by atoms with Gasteiger partial charge in [-0.25, -0.2) is 56.2 Å². The van der Waals surface area contributed by atoms with Crippen molar-refractivity contribution < 1.29 is 54.9 Å². The Balaban J connectivity index is 0.000000116. The van der Waals surface area contributed by atoms with Crippen LogP contribution in [0.5, 0.6) is 0 Å². The molecule has 3 aliphatic carbocycles. The molecule has 3 amide bonds. The van der Waals surface area contributed by atoms with E-state index in [9.17, 15) is 40.7 Å². The maximum absolute atomic E-state index is 14.8. The summed E-state index contributed by atoms with van der Waals surface area (Å²) in [6.07, 6.45) is 22.9. The van der Waals surface area contributed by atoms with E-state index in [0.29, 0.717) is 97.2 Å². The number of imidazole rings is 3. The third kappa shape index (κ3) is 17.3. The first-order chi connectivity index (χ1) is 72.3. The molecule has 3 spiro atoms. The third-order valence-corrected chi connectivity index (χ3v) is 36.0. The summed E-state index contributed by atoms with van der Waals surface area (Å²) >= 11 is 0. The summed E-state index contributed by atoms with van der Waals surface area (Å²) < 4.78 is 108. The van der Waals surface area contributed by atoms with Gasteiger partial charge in [0, 0.05) is 139 Å². The summed E-state index contributed by atoms with van der Waals surface area (Å²) in [4.78, 5) is 106. The average Bonchev–Trinajstić information content (AvgIpc) is 1.56. The molecule has 12 aromatic rings. The fourth-order valence-electron chi connectivity index (χ4n) is 26.7. The number of alkyl halides is 3. The lowest BCUT2D eigenvalue weighted by Crippen LogP contribution is -2.59. The Kier molecular flexibility index (Phi) is 25.6. The molecule has 12 aliphatic heterocycles. The molecule has 3 atom stereocenters. The van der Waals surface area contributed by atoms with Crippen LogP contribution in [0.15, 0.2) is 147 Å². The van der Waals surface area contributed by atoms with Gasteiger partial charge >= 0.3 is 0 Å². The van der Waals surface area contributed by atoms with E-state index < -0.39 is 52.2 Å². The topological polar surface area (TPSA) is 275 Å². The first-order valence-electron chi connectivity index (χ1n) is 54.1. The molecule has 9 aromatic heterocycles. The van der Waals surface area contributed by atoms with Crippen LogP contribution in [0.4, 0.5) is 77.9 Å². The van der Waals surface area contributed by atoms with Crippen LogP contribution in [0.3, 0.4) is 0 Å². The van der Waals surface area contributed by atoms with E-state index >= 15 is 0 Å². The van der Waals surface area contributed by atoms with Gasteiger partial charge in [0.1, 0.15) is 22.7 Å². The van der Waals surface area contributed by atoms with Gasteiger partial charge in [0.25, 0.3) is 0 Å². The van der Waals surface area contributed by atoms with Gasteiger partial charge in [-0.3, -0.25) is 58.7 Å². The van der Waals surface area contributed by atoms with Crippen molar-refractivity contribution in [2.24, 2.45) is 11.8 Å². The predicted octanol–water partition coefficient (Wildman–Crippen LogP) is 17.7. The van der Waals surface area contributed by atoms with Crippen molar-refractivity contribution in [3.05, 3.63) is 181 Å². The number of carbonyl (C=O) groups excluding carboxylic acids is 3.